The summed E-state index contributed by atoms with van der Waals surface area (Å²) in [5.41, 5.74) is 0. The smallest absolute Gasteiger partial charge is 0.404 e. The van der Waals surface area contributed by atoms with E-state index in [9.17, 15) is 9.90 Å². The Morgan fingerprint density at radius 2 is 2.00 bits per heavy atom. The minimum atomic E-state index is -0.992. The van der Waals surface area contributed by atoms with E-state index in [1.807, 2.05) is 0 Å². The number of hydrogen-bond donors (Lipinski definition) is 3. The summed E-state index contributed by atoms with van der Waals surface area (Å²) in [4.78, 5) is 10.3. The van der Waals surface area contributed by atoms with Crippen molar-refractivity contribution in [2.75, 3.05) is 0 Å². The van der Waals surface area contributed by atoms with Crippen molar-refractivity contribution < 1.29 is 15.0 Å². The van der Waals surface area contributed by atoms with Crippen molar-refractivity contribution in [3.05, 3.63) is 0 Å². The predicted molar refractivity (Wildman–Crippen MR) is 44.0 cm³/mol. The van der Waals surface area contributed by atoms with E-state index in [2.05, 4.69) is 5.32 Å². The fourth-order valence-electron chi connectivity index (χ4n) is 1.64. The number of rotatable bonds is 1. The van der Waals surface area contributed by atoms with Gasteiger partial charge in [0.2, 0.25) is 0 Å². The monoisotopic (exact) mass is 173 g/mol. The number of hydrogen-bond acceptors (Lipinski definition) is 2. The standard InChI is InChI=1S/C8H15NO3/c10-7-4-2-1-3-6(5-7)9-8(11)12/h6-7,9-10H,1-5H2,(H,11,12)/t6-,7-/m0/s1. The molecule has 2 atom stereocenters. The lowest BCUT2D eigenvalue weighted by Gasteiger charge is -2.15. The number of amides is 1. The van der Waals surface area contributed by atoms with Gasteiger partial charge in [-0.15, -0.1) is 0 Å². The van der Waals surface area contributed by atoms with Crippen molar-refractivity contribution in [3.63, 3.8) is 0 Å². The third-order valence-electron chi connectivity index (χ3n) is 2.22. The average molecular weight is 173 g/mol. The van der Waals surface area contributed by atoms with E-state index in [1.165, 1.54) is 0 Å². The Labute approximate surface area is 71.6 Å². The quantitative estimate of drug-likeness (QED) is 0.517. The molecular weight excluding hydrogens is 158 g/mol. The summed E-state index contributed by atoms with van der Waals surface area (Å²) in [6.07, 6.45) is 2.90. The third kappa shape index (κ3) is 3.09. The molecule has 0 radical (unpaired) electrons. The largest absolute Gasteiger partial charge is 0.465 e. The lowest BCUT2D eigenvalue weighted by Crippen LogP contribution is -2.35. The Kier molecular flexibility index (Phi) is 3.34. The van der Waals surface area contributed by atoms with Crippen LogP contribution < -0.4 is 5.32 Å². The minimum absolute atomic E-state index is 0.0556. The summed E-state index contributed by atoms with van der Waals surface area (Å²) in [6, 6.07) is -0.0556. The lowest BCUT2D eigenvalue weighted by molar-refractivity contribution is 0.143. The first kappa shape index (κ1) is 9.32. The molecule has 3 N–H and O–H groups in total. The van der Waals surface area contributed by atoms with Gasteiger partial charge < -0.3 is 15.5 Å². The maximum Gasteiger partial charge on any atom is 0.404 e. The molecule has 1 fully saturated rings. The van der Waals surface area contributed by atoms with Crippen LogP contribution in [-0.2, 0) is 0 Å². The third-order valence-corrected chi connectivity index (χ3v) is 2.22. The SMILES string of the molecule is O=C(O)N[C@H]1CCCC[C@H](O)C1. The maximum absolute atomic E-state index is 10.3. The molecule has 0 aliphatic heterocycles. The number of aliphatic hydroxyl groups excluding tert-OH is 1. The molecule has 4 nitrogen and oxygen atoms in total. The summed E-state index contributed by atoms with van der Waals surface area (Å²) >= 11 is 0. The van der Waals surface area contributed by atoms with E-state index in [0.29, 0.717) is 6.42 Å². The molecule has 1 aliphatic carbocycles. The molecule has 0 saturated heterocycles. The molecule has 1 rings (SSSR count). The summed E-state index contributed by atoms with van der Waals surface area (Å²) in [5, 5.41) is 20.2. The van der Waals surface area contributed by atoms with Crippen molar-refractivity contribution >= 4 is 6.09 Å². The van der Waals surface area contributed by atoms with Gasteiger partial charge in [-0.2, -0.15) is 0 Å². The van der Waals surface area contributed by atoms with Crippen LogP contribution in [0.15, 0.2) is 0 Å². The van der Waals surface area contributed by atoms with Crippen molar-refractivity contribution in [3.8, 4) is 0 Å². The second kappa shape index (κ2) is 4.30. The lowest BCUT2D eigenvalue weighted by atomic mass is 10.1. The topological polar surface area (TPSA) is 69.6 Å². The molecule has 0 aromatic rings. The second-order valence-electron chi connectivity index (χ2n) is 3.32. The molecule has 0 aromatic carbocycles. The summed E-state index contributed by atoms with van der Waals surface area (Å²) in [5.74, 6) is 0. The van der Waals surface area contributed by atoms with E-state index in [-0.39, 0.29) is 12.1 Å². The number of carboxylic acid groups (broad SMARTS) is 1. The highest BCUT2D eigenvalue weighted by Gasteiger charge is 2.19. The van der Waals surface area contributed by atoms with Crippen LogP contribution in [0, 0.1) is 0 Å². The highest BCUT2D eigenvalue weighted by Crippen LogP contribution is 2.17. The first-order valence-electron chi connectivity index (χ1n) is 4.36. The van der Waals surface area contributed by atoms with Gasteiger partial charge in [0.15, 0.2) is 0 Å². The Balaban J connectivity index is 2.35. The van der Waals surface area contributed by atoms with Crippen LogP contribution >= 0.6 is 0 Å². The molecule has 0 unspecified atom stereocenters. The zero-order valence-corrected chi connectivity index (χ0v) is 6.99. The summed E-state index contributed by atoms with van der Waals surface area (Å²) < 4.78 is 0. The van der Waals surface area contributed by atoms with Gasteiger partial charge in [0.1, 0.15) is 0 Å². The highest BCUT2D eigenvalue weighted by molar-refractivity contribution is 5.64. The first-order valence-corrected chi connectivity index (χ1v) is 4.36. The van der Waals surface area contributed by atoms with Crippen molar-refractivity contribution in [1.82, 2.24) is 5.32 Å². The van der Waals surface area contributed by atoms with Gasteiger partial charge in [-0.1, -0.05) is 12.8 Å². The molecule has 1 saturated carbocycles. The Hall–Kier alpha value is -0.770. The number of aliphatic hydroxyl groups is 1. The van der Waals surface area contributed by atoms with Crippen LogP contribution in [0.2, 0.25) is 0 Å². The number of carbonyl (C=O) groups is 1. The van der Waals surface area contributed by atoms with Crippen LogP contribution in [0.4, 0.5) is 4.79 Å². The zero-order valence-electron chi connectivity index (χ0n) is 6.99. The van der Waals surface area contributed by atoms with Crippen LogP contribution in [0.5, 0.6) is 0 Å². The Bertz CT molecular complexity index is 160. The highest BCUT2D eigenvalue weighted by atomic mass is 16.4. The first-order chi connectivity index (χ1) is 5.68. The van der Waals surface area contributed by atoms with Gasteiger partial charge in [0.25, 0.3) is 0 Å². The molecular formula is C8H15NO3. The molecule has 0 aromatic heterocycles. The van der Waals surface area contributed by atoms with Gasteiger partial charge >= 0.3 is 6.09 Å². The van der Waals surface area contributed by atoms with Crippen molar-refractivity contribution in [2.24, 2.45) is 0 Å². The molecule has 1 aliphatic rings. The van der Waals surface area contributed by atoms with Crippen molar-refractivity contribution in [1.29, 1.82) is 0 Å². The fraction of sp³-hybridized carbons (Fsp3) is 0.875. The van der Waals surface area contributed by atoms with Crippen LogP contribution in [0.25, 0.3) is 0 Å². The molecule has 70 valence electrons. The van der Waals surface area contributed by atoms with E-state index in [1.54, 1.807) is 0 Å². The van der Waals surface area contributed by atoms with E-state index >= 15 is 0 Å². The molecule has 0 spiro atoms. The van der Waals surface area contributed by atoms with E-state index < -0.39 is 6.09 Å². The number of nitrogens with one attached hydrogen (secondary N) is 1. The molecule has 12 heavy (non-hydrogen) atoms. The van der Waals surface area contributed by atoms with Gasteiger partial charge in [-0.25, -0.2) is 4.79 Å². The van der Waals surface area contributed by atoms with Gasteiger partial charge in [0, 0.05) is 6.04 Å². The molecule has 0 bridgehead atoms. The second-order valence-corrected chi connectivity index (χ2v) is 3.32. The minimum Gasteiger partial charge on any atom is -0.465 e. The van der Waals surface area contributed by atoms with Crippen LogP contribution in [0.3, 0.4) is 0 Å². The van der Waals surface area contributed by atoms with Gasteiger partial charge in [-0.3, -0.25) is 0 Å². The fourth-order valence-corrected chi connectivity index (χ4v) is 1.64. The van der Waals surface area contributed by atoms with Crippen LogP contribution in [-0.4, -0.2) is 28.5 Å². The molecule has 1 amide bonds. The Morgan fingerprint density at radius 1 is 1.33 bits per heavy atom. The summed E-state index contributed by atoms with van der Waals surface area (Å²) in [6.45, 7) is 0. The normalized spacial score (nSPS) is 30.8. The Morgan fingerprint density at radius 3 is 2.67 bits per heavy atom. The molecule has 4 heteroatoms. The summed E-state index contributed by atoms with van der Waals surface area (Å²) in [7, 11) is 0. The van der Waals surface area contributed by atoms with Gasteiger partial charge in [-0.05, 0) is 19.3 Å². The molecule has 0 heterocycles. The average Bonchev–Trinajstić information content (AvgIpc) is 2.12. The van der Waals surface area contributed by atoms with E-state index in [0.717, 1.165) is 25.7 Å². The predicted octanol–water partition coefficient (Wildman–Crippen LogP) is 0.948. The zero-order chi connectivity index (χ0) is 8.97. The van der Waals surface area contributed by atoms with Crippen LogP contribution in [0.1, 0.15) is 32.1 Å². The maximum atomic E-state index is 10.3. The van der Waals surface area contributed by atoms with Gasteiger partial charge in [0.05, 0.1) is 6.10 Å². The van der Waals surface area contributed by atoms with Crippen molar-refractivity contribution in [2.45, 2.75) is 44.2 Å². The van der Waals surface area contributed by atoms with E-state index in [4.69, 9.17) is 5.11 Å².